The summed E-state index contributed by atoms with van der Waals surface area (Å²) in [5.74, 6) is 1.64. The summed E-state index contributed by atoms with van der Waals surface area (Å²) in [4.78, 5) is 12.2. The average Bonchev–Trinajstić information content (AvgIpc) is 1.95. The summed E-state index contributed by atoms with van der Waals surface area (Å²) in [6.07, 6.45) is 0. The van der Waals surface area contributed by atoms with Crippen LogP contribution in [0.3, 0.4) is 0 Å². The topological polar surface area (TPSA) is 35.3 Å². The fourth-order valence-electron chi connectivity index (χ4n) is 14.3. The van der Waals surface area contributed by atoms with Gasteiger partial charge in [-0.25, -0.2) is 0 Å². The largest absolute Gasteiger partial charge is 0.458 e. The molecule has 18 rings (SSSR count). The van der Waals surface area contributed by atoms with E-state index < -0.39 is 0 Å². The standard InChI is InChI=1S/C78H50B2N4O2S/c1-6-25-51(26-7-1)81(52-27-8-2-9-28-52)56-45-69-76-73(47-56)85-72-50-68-64(49-65(72)79(76)62-39-18-21-42-67(62)83(69)55-33-14-5-15-34-55)80-63-40-19-23-44-74(63)87-75-48-57(82(53-29-10-3-11-30-53)54-31-12-4-13-32-54)46-70(77(75)80)84(68)66-41-20-16-35-58(66)60-37-24-38-61-59-36-17-22-43-71(59)86-78(60)61/h1-50H. The number of fused-ring (bicyclic) bond motifs is 11. The van der Waals surface area contributed by atoms with Crippen LogP contribution in [0.5, 0.6) is 11.5 Å². The maximum atomic E-state index is 7.78. The second-order valence-electron chi connectivity index (χ2n) is 22.7. The number of hydrogen-bond acceptors (Lipinski definition) is 7. The molecule has 0 fully saturated rings. The van der Waals surface area contributed by atoms with Crippen LogP contribution >= 0.6 is 11.8 Å². The lowest BCUT2D eigenvalue weighted by Crippen LogP contribution is -2.63. The average molecular weight is 1130 g/mol. The number of furan rings is 1. The van der Waals surface area contributed by atoms with Gasteiger partial charge in [0.25, 0.3) is 6.71 Å². The van der Waals surface area contributed by atoms with Gasteiger partial charge in [-0.05, 0) is 130 Å². The highest BCUT2D eigenvalue weighted by atomic mass is 32.2. The number of ether oxygens (including phenoxy) is 1. The Bertz CT molecular complexity index is 4970. The van der Waals surface area contributed by atoms with Crippen LogP contribution in [0.25, 0.3) is 33.1 Å². The van der Waals surface area contributed by atoms with E-state index in [2.05, 4.69) is 323 Å². The summed E-state index contributed by atoms with van der Waals surface area (Å²) in [7, 11) is 0. The third-order valence-electron chi connectivity index (χ3n) is 17.9. The van der Waals surface area contributed by atoms with Crippen molar-refractivity contribution in [2.24, 2.45) is 0 Å². The zero-order chi connectivity index (χ0) is 57.1. The van der Waals surface area contributed by atoms with Crippen molar-refractivity contribution in [1.29, 1.82) is 0 Å². The van der Waals surface area contributed by atoms with Crippen molar-refractivity contribution in [3.8, 4) is 22.6 Å². The molecule has 0 spiro atoms. The molecule has 0 atom stereocenters. The maximum absolute atomic E-state index is 7.78. The predicted octanol–water partition coefficient (Wildman–Crippen LogP) is 17.4. The van der Waals surface area contributed by atoms with Crippen LogP contribution < -0.4 is 57.1 Å². The van der Waals surface area contributed by atoms with Crippen molar-refractivity contribution in [3.63, 3.8) is 0 Å². The maximum Gasteiger partial charge on any atom is 0.256 e. The lowest BCUT2D eigenvalue weighted by atomic mass is 9.31. The number of hydrogen-bond donors (Lipinski definition) is 0. The molecule has 6 nitrogen and oxygen atoms in total. The van der Waals surface area contributed by atoms with E-state index in [-0.39, 0.29) is 13.4 Å². The number of anilines is 12. The summed E-state index contributed by atoms with van der Waals surface area (Å²) in [5.41, 5.74) is 23.9. The van der Waals surface area contributed by atoms with Crippen LogP contribution in [0.4, 0.5) is 68.2 Å². The van der Waals surface area contributed by atoms with E-state index in [0.717, 1.165) is 124 Å². The van der Waals surface area contributed by atoms with Crippen LogP contribution in [-0.2, 0) is 0 Å². The first-order chi connectivity index (χ1) is 43.2. The molecule has 0 saturated carbocycles. The van der Waals surface area contributed by atoms with Gasteiger partial charge < -0.3 is 28.8 Å². The Labute approximate surface area is 509 Å². The first-order valence-electron chi connectivity index (χ1n) is 29.7. The summed E-state index contributed by atoms with van der Waals surface area (Å²) < 4.78 is 14.7. The molecule has 4 aliphatic rings. The molecule has 0 saturated heterocycles. The first kappa shape index (κ1) is 49.6. The van der Waals surface area contributed by atoms with Gasteiger partial charge in [0.05, 0.1) is 11.4 Å². The van der Waals surface area contributed by atoms with Crippen molar-refractivity contribution in [2.75, 3.05) is 19.6 Å². The van der Waals surface area contributed by atoms with E-state index >= 15 is 0 Å². The molecule has 87 heavy (non-hydrogen) atoms. The van der Waals surface area contributed by atoms with Crippen molar-refractivity contribution in [1.82, 2.24) is 0 Å². The molecule has 5 heterocycles. The summed E-state index contributed by atoms with van der Waals surface area (Å²) in [5, 5.41) is 2.18. The van der Waals surface area contributed by atoms with E-state index in [1.54, 1.807) is 0 Å². The number of benzene rings is 13. The Hall–Kier alpha value is -10.9. The van der Waals surface area contributed by atoms with Gasteiger partial charge in [0.2, 0.25) is 6.71 Å². The van der Waals surface area contributed by atoms with Gasteiger partial charge in [-0.15, -0.1) is 0 Å². The highest BCUT2D eigenvalue weighted by Crippen LogP contribution is 2.52. The molecule has 13 aromatic carbocycles. The molecule has 0 bridgehead atoms. The highest BCUT2D eigenvalue weighted by Gasteiger charge is 2.47. The lowest BCUT2D eigenvalue weighted by molar-refractivity contribution is 0.488. The molecule has 406 valence electrons. The van der Waals surface area contributed by atoms with Crippen LogP contribution in [0, 0.1) is 0 Å². The van der Waals surface area contributed by atoms with Gasteiger partial charge in [-0.3, -0.25) is 0 Å². The molecule has 1 aromatic heterocycles. The minimum Gasteiger partial charge on any atom is -0.458 e. The molecule has 0 N–H and O–H groups in total. The molecule has 14 aromatic rings. The van der Waals surface area contributed by atoms with Crippen molar-refractivity contribution >= 4 is 148 Å². The zero-order valence-electron chi connectivity index (χ0n) is 47.0. The van der Waals surface area contributed by atoms with Crippen LogP contribution in [-0.4, -0.2) is 13.4 Å². The lowest BCUT2D eigenvalue weighted by Gasteiger charge is -2.44. The van der Waals surface area contributed by atoms with Crippen LogP contribution in [0.1, 0.15) is 0 Å². The Kier molecular flexibility index (Phi) is 11.3. The molecule has 0 amide bonds. The monoisotopic (exact) mass is 1130 g/mol. The Balaban J connectivity index is 0.928. The van der Waals surface area contributed by atoms with Gasteiger partial charge in [-0.1, -0.05) is 205 Å². The fourth-order valence-corrected chi connectivity index (χ4v) is 15.5. The number of nitrogens with zero attached hydrogens (tertiary/aromatic N) is 4. The predicted molar refractivity (Wildman–Crippen MR) is 364 cm³/mol. The van der Waals surface area contributed by atoms with Crippen molar-refractivity contribution in [2.45, 2.75) is 9.79 Å². The molecule has 4 aliphatic heterocycles. The third kappa shape index (κ3) is 7.79. The van der Waals surface area contributed by atoms with Gasteiger partial charge in [0.1, 0.15) is 22.7 Å². The second-order valence-corrected chi connectivity index (χ2v) is 23.8. The van der Waals surface area contributed by atoms with Gasteiger partial charge >= 0.3 is 0 Å². The molecule has 0 radical (unpaired) electrons. The quantitative estimate of drug-likeness (QED) is 0.133. The van der Waals surface area contributed by atoms with Crippen molar-refractivity contribution in [3.05, 3.63) is 303 Å². The smallest absolute Gasteiger partial charge is 0.256 e. The summed E-state index contributed by atoms with van der Waals surface area (Å²) >= 11 is 1.87. The highest BCUT2D eigenvalue weighted by molar-refractivity contribution is 8.00. The molecule has 9 heteroatoms. The molecule has 0 unspecified atom stereocenters. The first-order valence-corrected chi connectivity index (χ1v) is 30.5. The van der Waals surface area contributed by atoms with E-state index in [4.69, 9.17) is 9.15 Å². The van der Waals surface area contributed by atoms with Crippen LogP contribution in [0.15, 0.2) is 318 Å². The summed E-state index contributed by atoms with van der Waals surface area (Å²) in [6, 6.07) is 110. The molecular weight excluding hydrogens is 1080 g/mol. The third-order valence-corrected chi connectivity index (χ3v) is 19.0. The summed E-state index contributed by atoms with van der Waals surface area (Å²) in [6.45, 7) is -0.302. The zero-order valence-corrected chi connectivity index (χ0v) is 47.9. The van der Waals surface area contributed by atoms with E-state index in [9.17, 15) is 0 Å². The fraction of sp³-hybridized carbons (Fsp3) is 0. The molecular formula is C78H50B2N4O2S. The Morgan fingerprint density at radius 2 is 0.839 bits per heavy atom. The minimum absolute atomic E-state index is 0.126. The minimum atomic E-state index is -0.177. The van der Waals surface area contributed by atoms with Gasteiger partial charge in [-0.2, -0.15) is 0 Å². The Morgan fingerprint density at radius 3 is 1.53 bits per heavy atom. The van der Waals surface area contributed by atoms with Gasteiger partial charge in [0, 0.05) is 101 Å². The second kappa shape index (κ2) is 19.9. The normalized spacial score (nSPS) is 13.0. The van der Waals surface area contributed by atoms with E-state index in [1.165, 1.54) is 31.6 Å². The van der Waals surface area contributed by atoms with Crippen molar-refractivity contribution < 1.29 is 9.15 Å². The van der Waals surface area contributed by atoms with E-state index in [0.29, 0.717) is 0 Å². The van der Waals surface area contributed by atoms with Gasteiger partial charge in [0.15, 0.2) is 0 Å². The Morgan fingerprint density at radius 1 is 0.310 bits per heavy atom. The molecule has 0 aliphatic carbocycles. The number of rotatable bonds is 9. The number of para-hydroxylation sites is 9. The SMILES string of the molecule is c1ccc(N(c2ccccc2)c2cc3c4c(c2)N(c2ccccc2)c2ccccc2B4c2cc4c(cc2O3)N(c2ccccc2-c2cccc3c2oc2ccccc23)c2cc(N(c3ccccc3)c3ccccc3)cc3c2B4c2ccccc2S3)cc1. The van der Waals surface area contributed by atoms with E-state index in [1.807, 2.05) is 11.8 Å². The van der Waals surface area contributed by atoms with Crippen LogP contribution in [0.2, 0.25) is 0 Å².